The Kier molecular flexibility index (Phi) is 24.1. The minimum atomic E-state index is -5.65. The van der Waals surface area contributed by atoms with Gasteiger partial charge in [-0.15, -0.1) is 4.33 Å². The second-order valence-corrected chi connectivity index (χ2v) is 19.4. The summed E-state index contributed by atoms with van der Waals surface area (Å²) >= 11 is 2.65. The van der Waals surface area contributed by atoms with Crippen LogP contribution in [0.4, 0.5) is 0 Å². The fourth-order valence-corrected chi connectivity index (χ4v) is 8.81. The Bertz CT molecular complexity index is 2020. The first-order valence-corrected chi connectivity index (χ1v) is 23.9. The van der Waals surface area contributed by atoms with Crippen molar-refractivity contribution >= 4 is 69.4 Å². The standard InChI is InChI=1S/C33H54N2O32S3.OS/c1-9-16(38)24(26(29(44)45)62-30(9)58-22-14(34-10(2)36)27(33(4,5)6)56-13(8-55-70(51,52)53)21(22)64-68-67-66-47)60-31-15(35-11(3)37)23(20(63-65-46)12(57-31)7-54-69(48,49)50)59-32-19(41)17(39)18(40)25(61-32)28(42)43;1-2/h9,12-27,30-32,38-41,46-47H,7-8H2,1-6H3,(H,34,36)(H,35,37)(H,42,43)(H,44,45)(H,48,49,50)(H,51,52,53);/p-6. The van der Waals surface area contributed by atoms with Gasteiger partial charge in [0, 0.05) is 19.8 Å². The molecule has 4 heterocycles. The van der Waals surface area contributed by atoms with Crippen LogP contribution >= 0.6 is 12.3 Å². The highest BCUT2D eigenvalue weighted by Crippen LogP contribution is 2.41. The molecule has 418 valence electrons. The smallest absolute Gasteiger partial charge is 0.217 e. The van der Waals surface area contributed by atoms with Gasteiger partial charge in [-0.25, -0.2) is 21.7 Å². The van der Waals surface area contributed by atoms with Crippen LogP contribution < -0.4 is 31.4 Å². The Labute approximate surface area is 416 Å². The van der Waals surface area contributed by atoms with Gasteiger partial charge < -0.3 is 104 Å². The Morgan fingerprint density at radius 2 is 1.12 bits per heavy atom. The number of rotatable bonds is 22. The van der Waals surface area contributed by atoms with E-state index >= 15 is 0 Å². The number of nitrogens with one attached hydrogen (secondary N) is 2. The number of amides is 2. The molecule has 4 rings (SSSR count). The van der Waals surface area contributed by atoms with E-state index in [1.165, 1.54) is 0 Å². The van der Waals surface area contributed by atoms with Crippen molar-refractivity contribution in [3.05, 3.63) is 0 Å². The van der Waals surface area contributed by atoms with Crippen molar-refractivity contribution in [2.45, 2.75) is 158 Å². The number of ether oxygens (including phenoxy) is 7. The molecular formula is C33H48N2O33S4-6. The molecule has 4 aliphatic rings. The monoisotopic (exact) mass is 1130 g/mol. The molecule has 0 aliphatic carbocycles. The summed E-state index contributed by atoms with van der Waals surface area (Å²) in [5, 5.41) is 102. The predicted octanol–water partition coefficient (Wildman–Crippen LogP) is -10.9. The summed E-state index contributed by atoms with van der Waals surface area (Å²) in [7, 11) is -11.1. The normalized spacial score (nSPS) is 37.6. The zero-order valence-electron chi connectivity index (χ0n) is 37.7. The van der Waals surface area contributed by atoms with E-state index in [9.17, 15) is 86.3 Å². The number of carbonyl (C=O) groups excluding carboxylic acids is 4. The van der Waals surface area contributed by atoms with Crippen molar-refractivity contribution in [1.29, 1.82) is 0 Å². The third-order valence-corrected chi connectivity index (χ3v) is 12.1. The van der Waals surface area contributed by atoms with Crippen LogP contribution in [0.15, 0.2) is 0 Å². The van der Waals surface area contributed by atoms with E-state index in [-0.39, 0.29) is 12.3 Å². The summed E-state index contributed by atoms with van der Waals surface area (Å²) in [6.07, 6.45) is -36.6. The van der Waals surface area contributed by atoms with Crippen LogP contribution in [0.3, 0.4) is 0 Å². The van der Waals surface area contributed by atoms with E-state index < -0.39 is 186 Å². The first-order valence-electron chi connectivity index (χ1n) is 20.3. The molecule has 39 heteroatoms. The third-order valence-electron chi connectivity index (χ3n) is 10.8. The average molecular weight is 1130 g/mol. The van der Waals surface area contributed by atoms with Crippen molar-refractivity contribution in [3.8, 4) is 0 Å². The molecule has 2 amide bonds. The summed E-state index contributed by atoms with van der Waals surface area (Å²) in [6, 6.07) is -3.50. The molecule has 0 aromatic rings. The molecule has 0 bridgehead atoms. The van der Waals surface area contributed by atoms with Gasteiger partial charge in [0.05, 0.1) is 43.4 Å². The fraction of sp³-hybridized carbons (Fsp3) is 0.879. The maximum absolute atomic E-state index is 12.9. The SMILES string of the molecule is CC(=O)NC1C(OC2C(C(=O)[O-])OC(OC3C(NC(C)=O)C(C(C)(C)C)OC(COS(=O)(=O)[O-])C3OSOO[O-])C(C)C2O)OC(COS(=O)(=O)[O-])C(OO[O-])C1OC1OC(C(=O)[O-])C(O)C(O)C1O.O=S. The third kappa shape index (κ3) is 17.1. The maximum atomic E-state index is 12.9. The zero-order valence-corrected chi connectivity index (χ0v) is 41.0. The second kappa shape index (κ2) is 27.4. The quantitative estimate of drug-likeness (QED) is 0.0146. The highest BCUT2D eigenvalue weighted by Gasteiger charge is 2.58. The molecule has 6 N–H and O–H groups in total. The van der Waals surface area contributed by atoms with Gasteiger partial charge in [-0.05, 0) is 5.41 Å². The summed E-state index contributed by atoms with van der Waals surface area (Å²) in [5.41, 5.74) is -1.03. The molecule has 35 nitrogen and oxygen atoms in total. The molecule has 72 heavy (non-hydrogen) atoms. The number of hydrogen-bond donors (Lipinski definition) is 6. The fourth-order valence-electron chi connectivity index (χ4n) is 7.83. The van der Waals surface area contributed by atoms with Gasteiger partial charge in [0.1, 0.15) is 79.3 Å². The van der Waals surface area contributed by atoms with Gasteiger partial charge in [0.15, 0.2) is 43.7 Å². The Morgan fingerprint density at radius 1 is 0.639 bits per heavy atom. The summed E-state index contributed by atoms with van der Waals surface area (Å²) < 4.78 is 136. The van der Waals surface area contributed by atoms with Gasteiger partial charge >= 0.3 is 0 Å². The molecule has 0 radical (unpaired) electrons. The topological polar surface area (TPSA) is 526 Å². The predicted molar refractivity (Wildman–Crippen MR) is 207 cm³/mol. The van der Waals surface area contributed by atoms with Gasteiger partial charge in [-0.1, -0.05) is 27.7 Å². The second-order valence-electron chi connectivity index (χ2n) is 16.8. The molecule has 0 saturated carbocycles. The summed E-state index contributed by atoms with van der Waals surface area (Å²) in [6.45, 7) is 5.27. The minimum absolute atomic E-state index is 0.183. The highest BCUT2D eigenvalue weighted by molar-refractivity contribution is 7.89. The van der Waals surface area contributed by atoms with Crippen molar-refractivity contribution in [1.82, 2.24) is 10.6 Å². The van der Waals surface area contributed by atoms with Crippen molar-refractivity contribution < 1.29 is 155 Å². The Morgan fingerprint density at radius 3 is 1.61 bits per heavy atom. The number of carbonyl (C=O) groups is 4. The molecule has 0 aromatic carbocycles. The molecule has 4 saturated heterocycles. The van der Waals surface area contributed by atoms with Crippen LogP contribution in [0.2, 0.25) is 0 Å². The lowest BCUT2D eigenvalue weighted by molar-refractivity contribution is -0.808. The van der Waals surface area contributed by atoms with E-state index in [0.29, 0.717) is 0 Å². The van der Waals surface area contributed by atoms with Crippen LogP contribution in [0, 0.1) is 11.3 Å². The average Bonchev–Trinajstić information content (AvgIpc) is 3.26. The van der Waals surface area contributed by atoms with Gasteiger partial charge in [-0.2, -0.15) is 4.21 Å². The summed E-state index contributed by atoms with van der Waals surface area (Å²) in [4.78, 5) is 54.7. The van der Waals surface area contributed by atoms with Gasteiger partial charge in [-0.3, -0.25) is 32.2 Å². The molecular weight excluding hydrogens is 1080 g/mol. The maximum Gasteiger partial charge on any atom is 0.217 e. The first kappa shape index (κ1) is 63.6. The number of aliphatic hydroxyl groups excluding tert-OH is 4. The van der Waals surface area contributed by atoms with Crippen LogP contribution in [-0.2, 0) is 118 Å². The summed E-state index contributed by atoms with van der Waals surface area (Å²) in [5.74, 6) is -7.72. The van der Waals surface area contributed by atoms with Crippen molar-refractivity contribution in [3.63, 3.8) is 0 Å². The number of hydrogen-bond acceptors (Lipinski definition) is 35. The number of aliphatic hydroxyl groups is 4. The van der Waals surface area contributed by atoms with E-state index in [1.54, 1.807) is 20.8 Å². The van der Waals surface area contributed by atoms with Crippen LogP contribution in [0.1, 0.15) is 41.5 Å². The Balaban J connectivity index is 0.00000676. The minimum Gasteiger partial charge on any atom is -0.726 e. The van der Waals surface area contributed by atoms with Gasteiger partial charge in [0.2, 0.25) is 32.6 Å². The highest BCUT2D eigenvalue weighted by atomic mass is 32.3. The molecule has 20 unspecified atom stereocenters. The lowest BCUT2D eigenvalue weighted by atomic mass is 9.78. The van der Waals surface area contributed by atoms with Crippen LogP contribution in [-0.4, -0.2) is 204 Å². The lowest BCUT2D eigenvalue weighted by Crippen LogP contribution is -2.71. The number of carboxylic acids is 2. The largest absolute Gasteiger partial charge is 0.726 e. The van der Waals surface area contributed by atoms with Crippen LogP contribution in [0.5, 0.6) is 0 Å². The zero-order chi connectivity index (χ0) is 54.8. The molecule has 4 fully saturated rings. The van der Waals surface area contributed by atoms with Crippen molar-refractivity contribution in [2.24, 2.45) is 11.3 Å². The number of carboxylic acid groups (broad SMARTS) is 2. The Hall–Kier alpha value is -2.73. The van der Waals surface area contributed by atoms with Gasteiger partial charge in [0.25, 0.3) is 0 Å². The van der Waals surface area contributed by atoms with E-state index in [1.807, 2.05) is 0 Å². The molecule has 20 atom stereocenters. The van der Waals surface area contributed by atoms with Crippen molar-refractivity contribution in [2.75, 3.05) is 13.2 Å². The van der Waals surface area contributed by atoms with Crippen LogP contribution in [0.25, 0.3) is 0 Å². The molecule has 0 spiro atoms. The number of aliphatic carboxylic acids is 2. The lowest BCUT2D eigenvalue weighted by Gasteiger charge is -2.52. The van der Waals surface area contributed by atoms with E-state index in [4.69, 9.17) is 41.6 Å². The molecule has 0 aromatic heterocycles. The first-order chi connectivity index (χ1) is 33.4. The van der Waals surface area contributed by atoms with E-state index in [2.05, 4.69) is 50.8 Å². The molecule has 4 aliphatic heterocycles. The van der Waals surface area contributed by atoms with E-state index in [0.717, 1.165) is 20.8 Å².